The van der Waals surface area contributed by atoms with Crippen LogP contribution in [0.2, 0.25) is 0 Å². The van der Waals surface area contributed by atoms with E-state index in [2.05, 4.69) is 37.0 Å². The summed E-state index contributed by atoms with van der Waals surface area (Å²) in [7, 11) is 0. The fourth-order valence-electron chi connectivity index (χ4n) is 1.97. The summed E-state index contributed by atoms with van der Waals surface area (Å²) in [5.41, 5.74) is 1.68. The number of aryl methyl sites for hydroxylation is 2. The molecule has 0 N–H and O–H groups in total. The number of nitrogens with zero attached hydrogens (tertiary/aromatic N) is 3. The first kappa shape index (κ1) is 18.0. The lowest BCUT2D eigenvalue weighted by molar-refractivity contribution is -0.146. The predicted molar refractivity (Wildman–Crippen MR) is 80.1 cm³/mol. The van der Waals surface area contributed by atoms with Crippen LogP contribution >= 0.6 is 31.9 Å². The van der Waals surface area contributed by atoms with Gasteiger partial charge in [-0.15, -0.1) is 0 Å². The average molecular weight is 421 g/mol. The van der Waals surface area contributed by atoms with Crippen LogP contribution in [0.25, 0.3) is 0 Å². The van der Waals surface area contributed by atoms with Crippen molar-refractivity contribution in [2.45, 2.75) is 39.5 Å². The van der Waals surface area contributed by atoms with E-state index in [1.807, 2.05) is 13.8 Å². The second-order valence-corrected chi connectivity index (χ2v) is 5.98. The molecule has 0 aliphatic carbocycles. The van der Waals surface area contributed by atoms with E-state index < -0.39 is 12.7 Å². The number of aromatic nitrogens is 2. The van der Waals surface area contributed by atoms with E-state index >= 15 is 0 Å². The molecule has 0 unspecified atom stereocenters. The zero-order valence-corrected chi connectivity index (χ0v) is 14.6. The van der Waals surface area contributed by atoms with Crippen molar-refractivity contribution in [3.05, 3.63) is 15.9 Å². The van der Waals surface area contributed by atoms with Crippen LogP contribution in [0.5, 0.6) is 0 Å². The van der Waals surface area contributed by atoms with Gasteiger partial charge in [0.2, 0.25) is 0 Å². The summed E-state index contributed by atoms with van der Waals surface area (Å²) in [5.74, 6) is 0. The van der Waals surface area contributed by atoms with Crippen molar-refractivity contribution in [1.82, 2.24) is 14.7 Å². The molecule has 8 heteroatoms. The van der Waals surface area contributed by atoms with Crippen LogP contribution < -0.4 is 0 Å². The molecule has 1 rings (SSSR count). The Morgan fingerprint density at radius 2 is 1.95 bits per heavy atom. The second kappa shape index (κ2) is 7.79. The van der Waals surface area contributed by atoms with E-state index in [1.165, 1.54) is 4.90 Å². The minimum Gasteiger partial charge on any atom is -0.288 e. The van der Waals surface area contributed by atoms with E-state index in [9.17, 15) is 13.2 Å². The van der Waals surface area contributed by atoms with E-state index in [4.69, 9.17) is 0 Å². The minimum absolute atomic E-state index is 0.229. The first-order valence-electron chi connectivity index (χ1n) is 6.41. The van der Waals surface area contributed by atoms with Gasteiger partial charge >= 0.3 is 6.18 Å². The van der Waals surface area contributed by atoms with Crippen molar-refractivity contribution < 1.29 is 13.2 Å². The van der Waals surface area contributed by atoms with Gasteiger partial charge in [0.15, 0.2) is 0 Å². The molecule has 0 amide bonds. The number of rotatable bonds is 7. The molecule has 0 bridgehead atoms. The lowest BCUT2D eigenvalue weighted by Crippen LogP contribution is -2.35. The Morgan fingerprint density at radius 3 is 2.40 bits per heavy atom. The molecule has 0 spiro atoms. The Balaban J connectivity index is 2.95. The van der Waals surface area contributed by atoms with Crippen LogP contribution in [-0.2, 0) is 19.5 Å². The van der Waals surface area contributed by atoms with Gasteiger partial charge in [0.05, 0.1) is 22.4 Å². The molecular formula is C12H18Br2F3N3. The summed E-state index contributed by atoms with van der Waals surface area (Å²) in [4.78, 5) is 1.38. The lowest BCUT2D eigenvalue weighted by Gasteiger charge is -2.23. The number of alkyl halides is 4. The summed E-state index contributed by atoms with van der Waals surface area (Å²) in [6, 6.07) is 0. The van der Waals surface area contributed by atoms with Crippen molar-refractivity contribution in [1.29, 1.82) is 0 Å². The third-order valence-electron chi connectivity index (χ3n) is 2.87. The second-order valence-electron chi connectivity index (χ2n) is 4.39. The van der Waals surface area contributed by atoms with Crippen LogP contribution in [0.4, 0.5) is 13.2 Å². The molecule has 1 aromatic rings. The summed E-state index contributed by atoms with van der Waals surface area (Å²) in [5, 5.41) is 4.91. The number of hydrogen-bond acceptors (Lipinski definition) is 2. The molecule has 1 aromatic heterocycles. The molecule has 0 atom stereocenters. The van der Waals surface area contributed by atoms with Crippen LogP contribution in [0.1, 0.15) is 25.2 Å². The van der Waals surface area contributed by atoms with Gasteiger partial charge in [0.1, 0.15) is 0 Å². The SMILES string of the molecule is CCc1nn(CC)c(CN(CCBr)CC(F)(F)F)c1Br. The molecule has 3 nitrogen and oxygen atoms in total. The van der Waals surface area contributed by atoms with Crippen molar-refractivity contribution in [2.75, 3.05) is 18.4 Å². The highest BCUT2D eigenvalue weighted by molar-refractivity contribution is 9.10. The van der Waals surface area contributed by atoms with Crippen LogP contribution in [0.15, 0.2) is 4.47 Å². The summed E-state index contributed by atoms with van der Waals surface area (Å²) >= 11 is 6.66. The molecule has 20 heavy (non-hydrogen) atoms. The molecule has 0 aliphatic rings. The molecule has 0 aromatic carbocycles. The van der Waals surface area contributed by atoms with Crippen molar-refractivity contribution in [2.24, 2.45) is 0 Å². The van der Waals surface area contributed by atoms with Gasteiger partial charge < -0.3 is 0 Å². The Labute approximate surface area is 133 Å². The van der Waals surface area contributed by atoms with Crippen LogP contribution in [0.3, 0.4) is 0 Å². The van der Waals surface area contributed by atoms with Gasteiger partial charge in [0, 0.05) is 25.0 Å². The number of hydrogen-bond donors (Lipinski definition) is 0. The normalized spacial score (nSPS) is 12.4. The first-order valence-corrected chi connectivity index (χ1v) is 8.32. The summed E-state index contributed by atoms with van der Waals surface area (Å²) in [6.45, 7) is 4.20. The fraction of sp³-hybridized carbons (Fsp3) is 0.750. The van der Waals surface area contributed by atoms with Crippen molar-refractivity contribution >= 4 is 31.9 Å². The average Bonchev–Trinajstić information content (AvgIpc) is 2.64. The molecule has 116 valence electrons. The molecule has 0 saturated heterocycles. The highest BCUT2D eigenvalue weighted by Gasteiger charge is 2.31. The third-order valence-corrected chi connectivity index (χ3v) is 4.14. The lowest BCUT2D eigenvalue weighted by atomic mass is 10.3. The van der Waals surface area contributed by atoms with Crippen LogP contribution in [0, 0.1) is 0 Å². The summed E-state index contributed by atoms with van der Waals surface area (Å²) < 4.78 is 40.4. The van der Waals surface area contributed by atoms with E-state index in [-0.39, 0.29) is 6.54 Å². The maximum atomic E-state index is 12.6. The van der Waals surface area contributed by atoms with Gasteiger partial charge in [-0.25, -0.2) is 0 Å². The molecule has 1 heterocycles. The molecule has 0 fully saturated rings. The smallest absolute Gasteiger partial charge is 0.288 e. The minimum atomic E-state index is -4.20. The van der Waals surface area contributed by atoms with Crippen LogP contribution in [-0.4, -0.2) is 39.3 Å². The first-order chi connectivity index (χ1) is 9.32. The van der Waals surface area contributed by atoms with E-state index in [0.717, 1.165) is 22.3 Å². The molecule has 0 aliphatic heterocycles. The van der Waals surface area contributed by atoms with Gasteiger partial charge in [-0.1, -0.05) is 22.9 Å². The maximum Gasteiger partial charge on any atom is 0.401 e. The fourth-order valence-corrected chi connectivity index (χ4v) is 3.16. The third kappa shape index (κ3) is 5.04. The zero-order valence-electron chi connectivity index (χ0n) is 11.5. The van der Waals surface area contributed by atoms with Gasteiger partial charge in [-0.3, -0.25) is 9.58 Å². The zero-order chi connectivity index (χ0) is 15.3. The van der Waals surface area contributed by atoms with Gasteiger partial charge in [-0.2, -0.15) is 18.3 Å². The Kier molecular flexibility index (Phi) is 7.00. The Morgan fingerprint density at radius 1 is 1.30 bits per heavy atom. The number of halogens is 5. The molecule has 0 saturated carbocycles. The van der Waals surface area contributed by atoms with Crippen molar-refractivity contribution in [3.8, 4) is 0 Å². The van der Waals surface area contributed by atoms with E-state index in [0.29, 0.717) is 18.4 Å². The highest BCUT2D eigenvalue weighted by Crippen LogP contribution is 2.25. The Hall–Kier alpha value is -0.0800. The topological polar surface area (TPSA) is 21.1 Å². The van der Waals surface area contributed by atoms with Gasteiger partial charge in [0.25, 0.3) is 0 Å². The quantitative estimate of drug-likeness (QED) is 0.622. The predicted octanol–water partition coefficient (Wildman–Crippen LogP) is 3.99. The largest absolute Gasteiger partial charge is 0.401 e. The Bertz CT molecular complexity index is 432. The molecule has 0 radical (unpaired) electrons. The highest BCUT2D eigenvalue weighted by atomic mass is 79.9. The standard InChI is InChI=1S/C12H18Br2F3N3/c1-3-9-11(14)10(20(4-2)18-9)7-19(6-5-13)8-12(15,16)17/h3-8H2,1-2H3. The maximum absolute atomic E-state index is 12.6. The van der Waals surface area contributed by atoms with Gasteiger partial charge in [-0.05, 0) is 29.3 Å². The van der Waals surface area contributed by atoms with E-state index in [1.54, 1.807) is 4.68 Å². The monoisotopic (exact) mass is 419 g/mol. The summed E-state index contributed by atoms with van der Waals surface area (Å²) in [6.07, 6.45) is -3.45. The molecular weight excluding hydrogens is 403 g/mol. The van der Waals surface area contributed by atoms with Crippen molar-refractivity contribution in [3.63, 3.8) is 0 Å².